The fourth-order valence-electron chi connectivity index (χ4n) is 2.83. The van der Waals surface area contributed by atoms with E-state index in [9.17, 15) is 0 Å². The summed E-state index contributed by atoms with van der Waals surface area (Å²) in [5.74, 6) is 0. The van der Waals surface area contributed by atoms with E-state index >= 15 is 0 Å². The molecule has 2 aromatic rings. The molecule has 1 aliphatic heterocycles. The number of hydrogen-bond donors (Lipinski definition) is 1. The number of anilines is 2. The summed E-state index contributed by atoms with van der Waals surface area (Å²) in [6.45, 7) is 6.92. The summed E-state index contributed by atoms with van der Waals surface area (Å²) in [5.41, 5.74) is 9.99. The van der Waals surface area contributed by atoms with Crippen LogP contribution in [0.4, 0.5) is 11.4 Å². The van der Waals surface area contributed by atoms with Crippen molar-refractivity contribution in [2.45, 2.75) is 26.4 Å². The standard InChI is InChI=1S/C16H21N3O/c1-11-8-16(19-6-3-7-20-12(2)10-19)14-9-13(17)4-5-15(14)18-11/h4-5,8-9,12H,3,6-7,10,17H2,1-2H3. The maximum atomic E-state index is 5.95. The highest BCUT2D eigenvalue weighted by atomic mass is 16.5. The third-order valence-corrected chi connectivity index (χ3v) is 3.73. The molecular formula is C16H21N3O. The van der Waals surface area contributed by atoms with Gasteiger partial charge < -0.3 is 15.4 Å². The third-order valence-electron chi connectivity index (χ3n) is 3.73. The second-order valence-electron chi connectivity index (χ2n) is 5.54. The molecule has 0 amide bonds. The molecule has 4 nitrogen and oxygen atoms in total. The van der Waals surface area contributed by atoms with Gasteiger partial charge in [0.05, 0.1) is 11.6 Å². The van der Waals surface area contributed by atoms with Crippen molar-refractivity contribution in [3.05, 3.63) is 30.0 Å². The van der Waals surface area contributed by atoms with E-state index in [0.717, 1.165) is 48.4 Å². The number of rotatable bonds is 1. The van der Waals surface area contributed by atoms with Gasteiger partial charge in [0, 0.05) is 42.2 Å². The van der Waals surface area contributed by atoms with Gasteiger partial charge in [0.15, 0.2) is 0 Å². The predicted octanol–water partition coefficient (Wildman–Crippen LogP) is 2.74. The zero-order valence-electron chi connectivity index (χ0n) is 12.1. The Bertz CT molecular complexity index is 626. The highest BCUT2D eigenvalue weighted by Gasteiger charge is 2.18. The Kier molecular flexibility index (Phi) is 3.49. The summed E-state index contributed by atoms with van der Waals surface area (Å²) in [6, 6.07) is 8.08. The molecule has 4 heteroatoms. The van der Waals surface area contributed by atoms with Crippen LogP contribution in [0.3, 0.4) is 0 Å². The number of fused-ring (bicyclic) bond motifs is 1. The first-order chi connectivity index (χ1) is 9.63. The van der Waals surface area contributed by atoms with E-state index in [-0.39, 0.29) is 6.10 Å². The van der Waals surface area contributed by atoms with Crippen molar-refractivity contribution >= 4 is 22.3 Å². The van der Waals surface area contributed by atoms with Crippen molar-refractivity contribution in [3.63, 3.8) is 0 Å². The second kappa shape index (κ2) is 5.29. The van der Waals surface area contributed by atoms with Crippen LogP contribution >= 0.6 is 0 Å². The van der Waals surface area contributed by atoms with Crippen molar-refractivity contribution in [2.75, 3.05) is 30.3 Å². The minimum atomic E-state index is 0.252. The average Bonchev–Trinajstić information content (AvgIpc) is 2.63. The number of aryl methyl sites for hydroxylation is 1. The lowest BCUT2D eigenvalue weighted by atomic mass is 10.1. The number of ether oxygens (including phenoxy) is 1. The Balaban J connectivity index is 2.11. The van der Waals surface area contributed by atoms with E-state index in [1.165, 1.54) is 5.69 Å². The van der Waals surface area contributed by atoms with Crippen molar-refractivity contribution in [2.24, 2.45) is 0 Å². The van der Waals surface area contributed by atoms with Crippen molar-refractivity contribution in [1.82, 2.24) is 4.98 Å². The molecule has 0 radical (unpaired) electrons. The Morgan fingerprint density at radius 3 is 3.05 bits per heavy atom. The quantitative estimate of drug-likeness (QED) is 0.810. The largest absolute Gasteiger partial charge is 0.399 e. The highest BCUT2D eigenvalue weighted by molar-refractivity contribution is 5.94. The van der Waals surface area contributed by atoms with Crippen LogP contribution in [0.25, 0.3) is 10.9 Å². The second-order valence-corrected chi connectivity index (χ2v) is 5.54. The molecule has 0 saturated carbocycles. The predicted molar refractivity (Wildman–Crippen MR) is 83.1 cm³/mol. The van der Waals surface area contributed by atoms with Gasteiger partial charge in [-0.3, -0.25) is 4.98 Å². The lowest BCUT2D eigenvalue weighted by Crippen LogP contribution is -2.30. The number of benzene rings is 1. The van der Waals surface area contributed by atoms with E-state index in [0.29, 0.717) is 0 Å². The van der Waals surface area contributed by atoms with Crippen LogP contribution < -0.4 is 10.6 Å². The van der Waals surface area contributed by atoms with Gasteiger partial charge in [-0.1, -0.05) is 0 Å². The molecule has 0 aliphatic carbocycles. The lowest BCUT2D eigenvalue weighted by molar-refractivity contribution is 0.0821. The number of pyridine rings is 1. The number of nitrogen functional groups attached to an aromatic ring is 1. The summed E-state index contributed by atoms with van der Waals surface area (Å²) in [5, 5.41) is 1.13. The van der Waals surface area contributed by atoms with E-state index in [2.05, 4.69) is 22.9 Å². The first-order valence-corrected chi connectivity index (χ1v) is 7.17. The molecule has 0 spiro atoms. The Morgan fingerprint density at radius 1 is 1.35 bits per heavy atom. The number of nitrogens with two attached hydrogens (primary N) is 1. The topological polar surface area (TPSA) is 51.4 Å². The summed E-state index contributed by atoms with van der Waals surface area (Å²) in [4.78, 5) is 7.00. The molecule has 1 atom stereocenters. The molecule has 2 N–H and O–H groups in total. The molecule has 1 aromatic carbocycles. The van der Waals surface area contributed by atoms with Crippen molar-refractivity contribution in [3.8, 4) is 0 Å². The molecule has 2 heterocycles. The fourth-order valence-corrected chi connectivity index (χ4v) is 2.83. The van der Waals surface area contributed by atoms with Crippen LogP contribution in [0.15, 0.2) is 24.3 Å². The van der Waals surface area contributed by atoms with Gasteiger partial charge in [-0.05, 0) is 44.5 Å². The zero-order valence-corrected chi connectivity index (χ0v) is 12.1. The van der Waals surface area contributed by atoms with Crippen molar-refractivity contribution < 1.29 is 4.74 Å². The normalized spacial score (nSPS) is 20.1. The fraction of sp³-hybridized carbons (Fsp3) is 0.438. The van der Waals surface area contributed by atoms with Gasteiger partial charge >= 0.3 is 0 Å². The SMILES string of the molecule is Cc1cc(N2CCCOC(C)C2)c2cc(N)ccc2n1. The summed E-state index contributed by atoms with van der Waals surface area (Å²) in [7, 11) is 0. The molecule has 1 fully saturated rings. The van der Waals surface area contributed by atoms with Crippen LogP contribution in [-0.2, 0) is 4.74 Å². The molecule has 1 aliphatic rings. The van der Waals surface area contributed by atoms with Gasteiger partial charge in [0.1, 0.15) is 0 Å². The lowest BCUT2D eigenvalue weighted by Gasteiger charge is -2.26. The van der Waals surface area contributed by atoms with Gasteiger partial charge in [0.2, 0.25) is 0 Å². The Morgan fingerprint density at radius 2 is 2.20 bits per heavy atom. The van der Waals surface area contributed by atoms with Crippen LogP contribution in [0.2, 0.25) is 0 Å². The highest BCUT2D eigenvalue weighted by Crippen LogP contribution is 2.29. The third kappa shape index (κ3) is 2.56. The van der Waals surface area contributed by atoms with Crippen LogP contribution in [0.1, 0.15) is 19.0 Å². The Labute approximate surface area is 119 Å². The van der Waals surface area contributed by atoms with Gasteiger partial charge in [-0.2, -0.15) is 0 Å². The zero-order chi connectivity index (χ0) is 14.1. The molecule has 20 heavy (non-hydrogen) atoms. The molecule has 1 saturated heterocycles. The molecule has 0 bridgehead atoms. The summed E-state index contributed by atoms with van der Waals surface area (Å²) < 4.78 is 5.74. The van der Waals surface area contributed by atoms with Crippen LogP contribution in [-0.4, -0.2) is 30.8 Å². The van der Waals surface area contributed by atoms with E-state index < -0.39 is 0 Å². The number of nitrogens with zero attached hydrogens (tertiary/aromatic N) is 2. The van der Waals surface area contributed by atoms with E-state index in [1.807, 2.05) is 25.1 Å². The average molecular weight is 271 g/mol. The van der Waals surface area contributed by atoms with E-state index in [1.54, 1.807) is 0 Å². The summed E-state index contributed by atoms with van der Waals surface area (Å²) >= 11 is 0. The first-order valence-electron chi connectivity index (χ1n) is 7.17. The van der Waals surface area contributed by atoms with Crippen molar-refractivity contribution in [1.29, 1.82) is 0 Å². The van der Waals surface area contributed by atoms with Gasteiger partial charge in [0.25, 0.3) is 0 Å². The van der Waals surface area contributed by atoms with E-state index in [4.69, 9.17) is 10.5 Å². The molecule has 1 unspecified atom stereocenters. The number of aromatic nitrogens is 1. The van der Waals surface area contributed by atoms with Crippen LogP contribution in [0.5, 0.6) is 0 Å². The molecule has 3 rings (SSSR count). The minimum Gasteiger partial charge on any atom is -0.399 e. The number of hydrogen-bond acceptors (Lipinski definition) is 4. The monoisotopic (exact) mass is 271 g/mol. The molecular weight excluding hydrogens is 250 g/mol. The maximum Gasteiger partial charge on any atom is 0.0727 e. The first kappa shape index (κ1) is 13.2. The summed E-state index contributed by atoms with van der Waals surface area (Å²) in [6.07, 6.45) is 1.30. The molecule has 1 aromatic heterocycles. The smallest absolute Gasteiger partial charge is 0.0727 e. The Hall–Kier alpha value is -1.81. The maximum absolute atomic E-state index is 5.95. The van der Waals surface area contributed by atoms with Gasteiger partial charge in [-0.15, -0.1) is 0 Å². The minimum absolute atomic E-state index is 0.252. The molecule has 106 valence electrons. The van der Waals surface area contributed by atoms with Crippen LogP contribution in [0, 0.1) is 6.92 Å². The van der Waals surface area contributed by atoms with Gasteiger partial charge in [-0.25, -0.2) is 0 Å².